The Balaban J connectivity index is 2.73. The molecule has 0 spiro atoms. The molecule has 7 nitrogen and oxygen atoms in total. The van der Waals surface area contributed by atoms with Gasteiger partial charge in [-0.05, 0) is 5.92 Å². The van der Waals surface area contributed by atoms with Crippen LogP contribution >= 0.6 is 0 Å². The third kappa shape index (κ3) is 2.78. The summed E-state index contributed by atoms with van der Waals surface area (Å²) in [5, 5.41) is 14.6. The van der Waals surface area contributed by atoms with E-state index >= 15 is 0 Å². The van der Waals surface area contributed by atoms with Crippen molar-refractivity contribution in [2.24, 2.45) is 5.92 Å². The molecule has 2 N–H and O–H groups in total. The van der Waals surface area contributed by atoms with Crippen molar-refractivity contribution in [2.75, 3.05) is 0 Å². The number of carbonyl (C=O) groups excluding carboxylic acids is 1. The molecule has 0 saturated heterocycles. The van der Waals surface area contributed by atoms with Crippen molar-refractivity contribution in [1.82, 2.24) is 15.5 Å². The molecule has 1 heterocycles. The van der Waals surface area contributed by atoms with Crippen LogP contribution in [0.2, 0.25) is 0 Å². The first kappa shape index (κ1) is 12.2. The molecule has 1 amide bonds. The second-order valence-corrected chi connectivity index (χ2v) is 3.67. The summed E-state index contributed by atoms with van der Waals surface area (Å²) in [5.41, 5.74) is 0. The molecular weight excluding hydrogens is 214 g/mol. The maximum absolute atomic E-state index is 11.5. The molecule has 1 rings (SSSR count). The number of aliphatic carboxylic acids is 1. The molecule has 0 fully saturated rings. The Morgan fingerprint density at radius 3 is 2.44 bits per heavy atom. The minimum absolute atomic E-state index is 0.163. The van der Waals surface area contributed by atoms with E-state index < -0.39 is 17.9 Å². The van der Waals surface area contributed by atoms with Crippen molar-refractivity contribution in [3.05, 3.63) is 11.7 Å². The highest BCUT2D eigenvalue weighted by Crippen LogP contribution is 2.03. The van der Waals surface area contributed by atoms with Gasteiger partial charge in [-0.2, -0.15) is 4.98 Å². The lowest BCUT2D eigenvalue weighted by Gasteiger charge is -2.16. The van der Waals surface area contributed by atoms with E-state index in [1.165, 1.54) is 0 Å². The SMILES string of the molecule is Cc1nc(C(=O)N[C@H](C(=O)O)C(C)C)no1. The van der Waals surface area contributed by atoms with Gasteiger partial charge >= 0.3 is 5.97 Å². The highest BCUT2D eigenvalue weighted by molar-refractivity contribution is 5.93. The van der Waals surface area contributed by atoms with E-state index in [1.807, 2.05) is 0 Å². The highest BCUT2D eigenvalue weighted by Gasteiger charge is 2.25. The molecule has 1 aromatic heterocycles. The molecule has 0 saturated carbocycles. The van der Waals surface area contributed by atoms with Crippen LogP contribution < -0.4 is 5.32 Å². The van der Waals surface area contributed by atoms with Crippen LogP contribution in [0.3, 0.4) is 0 Å². The fourth-order valence-electron chi connectivity index (χ4n) is 1.11. The number of nitrogens with one attached hydrogen (secondary N) is 1. The number of carboxylic acids is 1. The first-order chi connectivity index (χ1) is 7.41. The van der Waals surface area contributed by atoms with Gasteiger partial charge in [-0.3, -0.25) is 4.79 Å². The summed E-state index contributed by atoms with van der Waals surface area (Å²) in [6, 6.07) is -0.966. The second kappa shape index (κ2) is 4.73. The quantitative estimate of drug-likeness (QED) is 0.762. The topological polar surface area (TPSA) is 105 Å². The molecular formula is C9H13N3O4. The largest absolute Gasteiger partial charge is 0.480 e. The fourth-order valence-corrected chi connectivity index (χ4v) is 1.11. The minimum atomic E-state index is -1.09. The van der Waals surface area contributed by atoms with E-state index in [9.17, 15) is 9.59 Å². The maximum Gasteiger partial charge on any atom is 0.326 e. The van der Waals surface area contributed by atoms with Crippen LogP contribution in [0.4, 0.5) is 0 Å². The zero-order valence-corrected chi connectivity index (χ0v) is 9.22. The molecule has 0 aliphatic rings. The van der Waals surface area contributed by atoms with Crippen molar-refractivity contribution in [3.63, 3.8) is 0 Å². The predicted octanol–water partition coefficient (Wildman–Crippen LogP) is 0.217. The number of hydrogen-bond acceptors (Lipinski definition) is 5. The molecule has 0 bridgehead atoms. The monoisotopic (exact) mass is 227 g/mol. The molecule has 16 heavy (non-hydrogen) atoms. The third-order valence-electron chi connectivity index (χ3n) is 1.95. The number of hydrogen-bond donors (Lipinski definition) is 2. The average molecular weight is 227 g/mol. The van der Waals surface area contributed by atoms with Gasteiger partial charge in [-0.1, -0.05) is 19.0 Å². The van der Waals surface area contributed by atoms with E-state index in [0.29, 0.717) is 0 Å². The van der Waals surface area contributed by atoms with Crippen LogP contribution in [0.1, 0.15) is 30.4 Å². The summed E-state index contributed by atoms with van der Waals surface area (Å²) in [6.45, 7) is 4.93. The van der Waals surface area contributed by atoms with Gasteiger partial charge < -0.3 is 14.9 Å². The van der Waals surface area contributed by atoms with E-state index in [4.69, 9.17) is 5.11 Å². The Kier molecular flexibility index (Phi) is 3.60. The van der Waals surface area contributed by atoms with Crippen LogP contribution in [0.25, 0.3) is 0 Å². The summed E-state index contributed by atoms with van der Waals surface area (Å²) < 4.78 is 4.62. The van der Waals surface area contributed by atoms with Crippen LogP contribution in [-0.2, 0) is 4.79 Å². The van der Waals surface area contributed by atoms with Gasteiger partial charge in [-0.15, -0.1) is 0 Å². The Morgan fingerprint density at radius 1 is 1.44 bits per heavy atom. The van der Waals surface area contributed by atoms with Gasteiger partial charge in [0.15, 0.2) is 0 Å². The third-order valence-corrected chi connectivity index (χ3v) is 1.95. The lowest BCUT2D eigenvalue weighted by atomic mass is 10.1. The second-order valence-electron chi connectivity index (χ2n) is 3.67. The Morgan fingerprint density at radius 2 is 2.06 bits per heavy atom. The van der Waals surface area contributed by atoms with E-state index in [0.717, 1.165) is 0 Å². The lowest BCUT2D eigenvalue weighted by molar-refractivity contribution is -0.140. The fraction of sp³-hybridized carbons (Fsp3) is 0.556. The molecule has 0 aliphatic heterocycles. The van der Waals surface area contributed by atoms with Crippen molar-refractivity contribution in [2.45, 2.75) is 26.8 Å². The number of carbonyl (C=O) groups is 2. The molecule has 0 aromatic carbocycles. The Bertz CT molecular complexity index is 399. The van der Waals surface area contributed by atoms with Crippen LogP contribution in [-0.4, -0.2) is 33.2 Å². The van der Waals surface area contributed by atoms with Crippen LogP contribution in [0.15, 0.2) is 4.52 Å². The summed E-state index contributed by atoms with van der Waals surface area (Å²) in [6.07, 6.45) is 0. The van der Waals surface area contributed by atoms with Crippen LogP contribution in [0, 0.1) is 12.8 Å². The number of nitrogens with zero attached hydrogens (tertiary/aromatic N) is 2. The zero-order chi connectivity index (χ0) is 12.3. The van der Waals surface area contributed by atoms with Gasteiger partial charge in [0, 0.05) is 6.92 Å². The van der Waals surface area contributed by atoms with Gasteiger partial charge in [0.1, 0.15) is 6.04 Å². The summed E-state index contributed by atoms with van der Waals surface area (Å²) in [5.74, 6) is -1.89. The number of aryl methyl sites for hydroxylation is 1. The number of rotatable bonds is 4. The molecule has 0 aliphatic carbocycles. The average Bonchev–Trinajstić information content (AvgIpc) is 2.59. The number of carboxylic acid groups (broad SMARTS) is 1. The first-order valence-electron chi connectivity index (χ1n) is 4.75. The molecule has 1 aromatic rings. The van der Waals surface area contributed by atoms with E-state index in [-0.39, 0.29) is 17.6 Å². The van der Waals surface area contributed by atoms with E-state index in [1.54, 1.807) is 20.8 Å². The number of aromatic nitrogens is 2. The predicted molar refractivity (Wildman–Crippen MR) is 52.8 cm³/mol. The minimum Gasteiger partial charge on any atom is -0.480 e. The van der Waals surface area contributed by atoms with Crippen LogP contribution in [0.5, 0.6) is 0 Å². The summed E-state index contributed by atoms with van der Waals surface area (Å²) in [7, 11) is 0. The van der Waals surface area contributed by atoms with Crippen molar-refractivity contribution >= 4 is 11.9 Å². The Labute approximate surface area is 91.8 Å². The number of amides is 1. The van der Waals surface area contributed by atoms with Crippen molar-refractivity contribution in [3.8, 4) is 0 Å². The summed E-state index contributed by atoms with van der Waals surface area (Å²) in [4.78, 5) is 26.1. The molecule has 88 valence electrons. The maximum atomic E-state index is 11.5. The van der Waals surface area contributed by atoms with Crippen molar-refractivity contribution < 1.29 is 19.2 Å². The summed E-state index contributed by atoms with van der Waals surface area (Å²) >= 11 is 0. The standard InChI is InChI=1S/C9H13N3O4/c1-4(2)6(9(14)15)11-8(13)7-10-5(3)16-12-7/h4,6H,1-3H3,(H,11,13)(H,14,15)/t6-/m0/s1. The molecule has 7 heteroatoms. The van der Waals surface area contributed by atoms with Gasteiger partial charge in [0.2, 0.25) is 5.89 Å². The molecule has 1 atom stereocenters. The van der Waals surface area contributed by atoms with Gasteiger partial charge in [0.05, 0.1) is 0 Å². The smallest absolute Gasteiger partial charge is 0.326 e. The van der Waals surface area contributed by atoms with E-state index in [2.05, 4.69) is 20.0 Å². The zero-order valence-electron chi connectivity index (χ0n) is 9.22. The Hall–Kier alpha value is -1.92. The van der Waals surface area contributed by atoms with Gasteiger partial charge in [0.25, 0.3) is 11.7 Å². The highest BCUT2D eigenvalue weighted by atomic mass is 16.5. The molecule has 0 radical (unpaired) electrons. The lowest BCUT2D eigenvalue weighted by Crippen LogP contribution is -2.44. The first-order valence-corrected chi connectivity index (χ1v) is 4.75. The van der Waals surface area contributed by atoms with Gasteiger partial charge in [-0.25, -0.2) is 4.79 Å². The normalized spacial score (nSPS) is 12.5. The molecule has 0 unspecified atom stereocenters. The van der Waals surface area contributed by atoms with Crippen molar-refractivity contribution in [1.29, 1.82) is 0 Å².